The van der Waals surface area contributed by atoms with Gasteiger partial charge in [-0.3, -0.25) is 0 Å². The van der Waals surface area contributed by atoms with Crippen LogP contribution in [0.2, 0.25) is 0 Å². The standard InChI is InChI=1S/C11H15NO3/c1-14-10-9(11(13)15-2)7-8-5-3-4-6-12(8)10/h7H,3-6H2,1-2H3. The average molecular weight is 209 g/mol. The quantitative estimate of drug-likeness (QED) is 0.695. The number of hydrogen-bond donors (Lipinski definition) is 0. The number of nitrogens with zero attached hydrogens (tertiary/aromatic N) is 1. The van der Waals surface area contributed by atoms with Crippen molar-refractivity contribution in [1.29, 1.82) is 0 Å². The summed E-state index contributed by atoms with van der Waals surface area (Å²) in [7, 11) is 2.97. The van der Waals surface area contributed by atoms with Crippen molar-refractivity contribution in [3.05, 3.63) is 17.3 Å². The number of fused-ring (bicyclic) bond motifs is 1. The van der Waals surface area contributed by atoms with Crippen LogP contribution in [0.15, 0.2) is 6.07 Å². The first-order valence-electron chi connectivity index (χ1n) is 5.12. The van der Waals surface area contributed by atoms with Gasteiger partial charge in [-0.05, 0) is 25.3 Å². The predicted molar refractivity (Wildman–Crippen MR) is 55.3 cm³/mol. The molecule has 1 aliphatic rings. The van der Waals surface area contributed by atoms with Gasteiger partial charge in [0.2, 0.25) is 5.88 Å². The maximum Gasteiger partial charge on any atom is 0.343 e. The molecule has 4 nitrogen and oxygen atoms in total. The third kappa shape index (κ3) is 1.60. The predicted octanol–water partition coefficient (Wildman–Crippen LogP) is 1.62. The molecule has 0 saturated heterocycles. The Balaban J connectivity index is 2.46. The lowest BCUT2D eigenvalue weighted by molar-refractivity contribution is 0.0596. The van der Waals surface area contributed by atoms with Crippen LogP contribution in [0, 0.1) is 0 Å². The molecule has 82 valence electrons. The summed E-state index contributed by atoms with van der Waals surface area (Å²) in [6.07, 6.45) is 3.32. The van der Waals surface area contributed by atoms with Crippen molar-refractivity contribution in [2.75, 3.05) is 14.2 Å². The lowest BCUT2D eigenvalue weighted by Crippen LogP contribution is -2.11. The summed E-state index contributed by atoms with van der Waals surface area (Å²) in [6, 6.07) is 1.88. The molecule has 0 radical (unpaired) electrons. The van der Waals surface area contributed by atoms with E-state index in [1.807, 2.05) is 6.07 Å². The van der Waals surface area contributed by atoms with Gasteiger partial charge in [0.1, 0.15) is 5.56 Å². The fraction of sp³-hybridized carbons (Fsp3) is 0.545. The Kier molecular flexibility index (Phi) is 2.66. The van der Waals surface area contributed by atoms with E-state index in [0.29, 0.717) is 11.4 Å². The third-order valence-corrected chi connectivity index (χ3v) is 2.80. The van der Waals surface area contributed by atoms with Crippen molar-refractivity contribution in [2.45, 2.75) is 25.8 Å². The van der Waals surface area contributed by atoms with E-state index in [0.717, 1.165) is 19.4 Å². The highest BCUT2D eigenvalue weighted by molar-refractivity contribution is 5.92. The number of carbonyl (C=O) groups is 1. The van der Waals surface area contributed by atoms with Crippen LogP contribution >= 0.6 is 0 Å². The number of hydrogen-bond acceptors (Lipinski definition) is 3. The monoisotopic (exact) mass is 209 g/mol. The zero-order valence-electron chi connectivity index (χ0n) is 9.08. The molecule has 0 aliphatic carbocycles. The van der Waals surface area contributed by atoms with Crippen molar-refractivity contribution >= 4 is 5.97 Å². The Morgan fingerprint density at radius 1 is 1.40 bits per heavy atom. The van der Waals surface area contributed by atoms with E-state index in [1.165, 1.54) is 19.2 Å². The first kappa shape index (κ1) is 10.1. The molecule has 4 heteroatoms. The number of methoxy groups -OCH3 is 2. The maximum absolute atomic E-state index is 11.5. The van der Waals surface area contributed by atoms with Crippen molar-refractivity contribution in [3.8, 4) is 5.88 Å². The number of esters is 1. The van der Waals surface area contributed by atoms with E-state index in [4.69, 9.17) is 9.47 Å². The molecule has 1 aromatic heterocycles. The summed E-state index contributed by atoms with van der Waals surface area (Å²) in [4.78, 5) is 11.5. The van der Waals surface area contributed by atoms with Crippen LogP contribution < -0.4 is 4.74 Å². The Morgan fingerprint density at radius 2 is 2.20 bits per heavy atom. The van der Waals surface area contributed by atoms with Crippen LogP contribution in [-0.2, 0) is 17.7 Å². The Hall–Kier alpha value is -1.45. The van der Waals surface area contributed by atoms with Crippen LogP contribution in [0.1, 0.15) is 28.9 Å². The Morgan fingerprint density at radius 3 is 2.87 bits per heavy atom. The average Bonchev–Trinajstić information content (AvgIpc) is 2.66. The molecule has 1 aromatic rings. The summed E-state index contributed by atoms with van der Waals surface area (Å²) in [5, 5.41) is 0. The molecule has 0 amide bonds. The second-order valence-corrected chi connectivity index (χ2v) is 3.66. The van der Waals surface area contributed by atoms with Gasteiger partial charge in [-0.1, -0.05) is 0 Å². The molecular formula is C11H15NO3. The number of ether oxygens (including phenoxy) is 2. The Bertz CT molecular complexity index is 381. The van der Waals surface area contributed by atoms with Gasteiger partial charge in [0.25, 0.3) is 0 Å². The van der Waals surface area contributed by atoms with Crippen LogP contribution in [0.4, 0.5) is 0 Å². The second-order valence-electron chi connectivity index (χ2n) is 3.66. The third-order valence-electron chi connectivity index (χ3n) is 2.80. The first-order chi connectivity index (χ1) is 7.27. The minimum atomic E-state index is -0.325. The van der Waals surface area contributed by atoms with Crippen molar-refractivity contribution in [1.82, 2.24) is 4.57 Å². The summed E-state index contributed by atoms with van der Waals surface area (Å²) >= 11 is 0. The van der Waals surface area contributed by atoms with Gasteiger partial charge in [0.05, 0.1) is 14.2 Å². The maximum atomic E-state index is 11.5. The highest BCUT2D eigenvalue weighted by Gasteiger charge is 2.23. The van der Waals surface area contributed by atoms with Crippen LogP contribution in [0.25, 0.3) is 0 Å². The fourth-order valence-electron chi connectivity index (χ4n) is 2.09. The van der Waals surface area contributed by atoms with Crippen molar-refractivity contribution in [2.24, 2.45) is 0 Å². The zero-order valence-corrected chi connectivity index (χ0v) is 9.08. The summed E-state index contributed by atoms with van der Waals surface area (Å²) in [5.41, 5.74) is 1.70. The number of aromatic nitrogens is 1. The van der Waals surface area contributed by atoms with Crippen LogP contribution in [0.5, 0.6) is 5.88 Å². The molecule has 0 unspecified atom stereocenters. The zero-order chi connectivity index (χ0) is 10.8. The molecule has 0 bridgehead atoms. The minimum absolute atomic E-state index is 0.325. The van der Waals surface area contributed by atoms with E-state index < -0.39 is 0 Å². The highest BCUT2D eigenvalue weighted by atomic mass is 16.5. The summed E-state index contributed by atoms with van der Waals surface area (Å²) in [6.45, 7) is 0.926. The van der Waals surface area contributed by atoms with E-state index in [9.17, 15) is 4.79 Å². The molecule has 15 heavy (non-hydrogen) atoms. The molecular weight excluding hydrogens is 194 g/mol. The van der Waals surface area contributed by atoms with Gasteiger partial charge in [-0.2, -0.15) is 0 Å². The van der Waals surface area contributed by atoms with Gasteiger partial charge < -0.3 is 14.0 Å². The normalized spacial score (nSPS) is 14.5. The molecule has 0 aromatic carbocycles. The smallest absolute Gasteiger partial charge is 0.343 e. The molecule has 0 atom stereocenters. The first-order valence-corrected chi connectivity index (χ1v) is 5.12. The molecule has 0 saturated carbocycles. The van der Waals surface area contributed by atoms with Gasteiger partial charge in [-0.15, -0.1) is 0 Å². The number of rotatable bonds is 2. The van der Waals surface area contributed by atoms with E-state index in [2.05, 4.69) is 4.57 Å². The molecule has 0 spiro atoms. The lowest BCUT2D eigenvalue weighted by atomic mass is 10.1. The number of aryl methyl sites for hydroxylation is 1. The highest BCUT2D eigenvalue weighted by Crippen LogP contribution is 2.29. The van der Waals surface area contributed by atoms with Crippen molar-refractivity contribution in [3.63, 3.8) is 0 Å². The van der Waals surface area contributed by atoms with Crippen LogP contribution in [0.3, 0.4) is 0 Å². The largest absolute Gasteiger partial charge is 0.482 e. The summed E-state index contributed by atoms with van der Waals surface area (Å²) < 4.78 is 12.1. The SMILES string of the molecule is COC(=O)c1cc2n(c1OC)CCCC2. The van der Waals surface area contributed by atoms with E-state index >= 15 is 0 Å². The van der Waals surface area contributed by atoms with Crippen LogP contribution in [-0.4, -0.2) is 24.8 Å². The van der Waals surface area contributed by atoms with Gasteiger partial charge >= 0.3 is 5.97 Å². The topological polar surface area (TPSA) is 40.5 Å². The Labute approximate surface area is 88.8 Å². The van der Waals surface area contributed by atoms with Crippen molar-refractivity contribution < 1.29 is 14.3 Å². The second kappa shape index (κ2) is 3.96. The molecule has 0 N–H and O–H groups in total. The molecule has 2 rings (SSSR count). The molecule has 1 aliphatic heterocycles. The minimum Gasteiger partial charge on any atom is -0.482 e. The van der Waals surface area contributed by atoms with Gasteiger partial charge in [0.15, 0.2) is 0 Å². The number of carbonyl (C=O) groups excluding carboxylic acids is 1. The summed E-state index contributed by atoms with van der Waals surface area (Å²) in [5.74, 6) is 0.310. The molecule has 2 heterocycles. The fourth-order valence-corrected chi connectivity index (χ4v) is 2.09. The molecule has 0 fully saturated rings. The van der Waals surface area contributed by atoms with E-state index in [-0.39, 0.29) is 5.97 Å². The lowest BCUT2D eigenvalue weighted by Gasteiger charge is -2.16. The van der Waals surface area contributed by atoms with Gasteiger partial charge in [0, 0.05) is 12.2 Å². The van der Waals surface area contributed by atoms with Gasteiger partial charge in [-0.25, -0.2) is 4.79 Å². The van der Waals surface area contributed by atoms with E-state index in [1.54, 1.807) is 7.11 Å².